The van der Waals surface area contributed by atoms with Crippen LogP contribution in [0.25, 0.3) is 11.4 Å². The van der Waals surface area contributed by atoms with E-state index in [-0.39, 0.29) is 5.76 Å². The van der Waals surface area contributed by atoms with Gasteiger partial charge >= 0.3 is 5.97 Å². The average Bonchev–Trinajstić information content (AvgIpc) is 2.84. The van der Waals surface area contributed by atoms with E-state index in [1.807, 2.05) is 26.0 Å². The lowest BCUT2D eigenvalue weighted by atomic mass is 10.1. The van der Waals surface area contributed by atoms with Crippen molar-refractivity contribution in [3.8, 4) is 11.4 Å². The zero-order valence-electron chi connectivity index (χ0n) is 11.6. The number of pyridine rings is 1. The lowest BCUT2D eigenvalue weighted by Gasteiger charge is -1.98. The first kappa shape index (κ1) is 14.9. The third-order valence-corrected chi connectivity index (χ3v) is 2.29. The van der Waals surface area contributed by atoms with Crippen LogP contribution in [0.1, 0.15) is 36.9 Å². The van der Waals surface area contributed by atoms with Gasteiger partial charge in [0.15, 0.2) is 0 Å². The predicted octanol–water partition coefficient (Wildman–Crippen LogP) is 3.25. The van der Waals surface area contributed by atoms with E-state index in [0.717, 1.165) is 0 Å². The van der Waals surface area contributed by atoms with Gasteiger partial charge in [-0.2, -0.15) is 0 Å². The van der Waals surface area contributed by atoms with Gasteiger partial charge in [0.05, 0.1) is 12.3 Å². The summed E-state index contributed by atoms with van der Waals surface area (Å²) in [6.45, 7) is 7.80. The molecule has 0 radical (unpaired) electrons. The Bertz CT molecular complexity index is 521. The summed E-state index contributed by atoms with van der Waals surface area (Å²) in [5, 5.41) is 3.85. The first-order valence-electron chi connectivity index (χ1n) is 6.28. The highest BCUT2D eigenvalue weighted by atomic mass is 16.6. The van der Waals surface area contributed by atoms with Gasteiger partial charge in [-0.25, -0.2) is 4.79 Å². The lowest BCUT2D eigenvalue weighted by molar-refractivity contribution is 0.0478. The van der Waals surface area contributed by atoms with Crippen LogP contribution in [-0.4, -0.2) is 22.7 Å². The maximum atomic E-state index is 11.5. The molecule has 0 aliphatic carbocycles. The summed E-state index contributed by atoms with van der Waals surface area (Å²) < 4.78 is 9.86. The van der Waals surface area contributed by atoms with E-state index in [9.17, 15) is 4.79 Å². The molecule has 0 saturated carbocycles. The van der Waals surface area contributed by atoms with Crippen LogP contribution in [0.3, 0.4) is 0 Å². The van der Waals surface area contributed by atoms with Gasteiger partial charge in [0.2, 0.25) is 5.76 Å². The molecule has 2 aromatic heterocycles. The molecular formula is C14H18N2O3. The molecule has 102 valence electrons. The topological polar surface area (TPSA) is 65.2 Å². The largest absolute Gasteiger partial charge is 0.460 e. The summed E-state index contributed by atoms with van der Waals surface area (Å²) in [4.78, 5) is 15.7. The Labute approximate surface area is 112 Å². The standard InChI is InChI=1S/C12H12N2O3.C2H6/c1-3-16-12(15)11-8(2)10(14-17-11)9-6-4-5-7-13-9;1-2/h4-7H,3H2,1-2H3;1-2H3. The monoisotopic (exact) mass is 262 g/mol. The maximum absolute atomic E-state index is 11.5. The fraction of sp³-hybridized carbons (Fsp3) is 0.357. The number of rotatable bonds is 3. The molecular weight excluding hydrogens is 244 g/mol. The number of hydrogen-bond donors (Lipinski definition) is 0. The van der Waals surface area contributed by atoms with E-state index >= 15 is 0 Å². The smallest absolute Gasteiger partial charge is 0.377 e. The number of aromatic nitrogens is 2. The van der Waals surface area contributed by atoms with E-state index < -0.39 is 5.97 Å². The predicted molar refractivity (Wildman–Crippen MR) is 71.8 cm³/mol. The number of ether oxygens (including phenoxy) is 1. The molecule has 2 rings (SSSR count). The molecule has 0 amide bonds. The maximum Gasteiger partial charge on any atom is 0.377 e. The SMILES string of the molecule is CC.CCOC(=O)c1onc(-c2ccccn2)c1C. The van der Waals surface area contributed by atoms with Crippen molar-refractivity contribution in [2.75, 3.05) is 6.61 Å². The van der Waals surface area contributed by atoms with Crippen LogP contribution in [0.5, 0.6) is 0 Å². The molecule has 0 unspecified atom stereocenters. The molecule has 2 heterocycles. The Morgan fingerprint density at radius 3 is 2.68 bits per heavy atom. The van der Waals surface area contributed by atoms with Gasteiger partial charge in [-0.05, 0) is 26.0 Å². The fourth-order valence-electron chi connectivity index (χ4n) is 1.46. The zero-order chi connectivity index (χ0) is 14.3. The van der Waals surface area contributed by atoms with Gasteiger partial charge in [-0.1, -0.05) is 25.1 Å². The summed E-state index contributed by atoms with van der Waals surface area (Å²) in [5.74, 6) is -0.368. The molecule has 0 atom stereocenters. The van der Waals surface area contributed by atoms with E-state index in [1.54, 1.807) is 26.1 Å². The summed E-state index contributed by atoms with van der Waals surface area (Å²) in [6, 6.07) is 5.46. The number of carbonyl (C=O) groups is 1. The summed E-state index contributed by atoms with van der Waals surface area (Å²) >= 11 is 0. The van der Waals surface area contributed by atoms with Gasteiger partial charge in [-0.15, -0.1) is 0 Å². The zero-order valence-corrected chi connectivity index (χ0v) is 11.6. The molecule has 2 aromatic rings. The van der Waals surface area contributed by atoms with Crippen molar-refractivity contribution in [2.24, 2.45) is 0 Å². The second-order valence-electron chi connectivity index (χ2n) is 3.42. The highest BCUT2D eigenvalue weighted by Gasteiger charge is 2.21. The summed E-state index contributed by atoms with van der Waals surface area (Å²) in [5.41, 5.74) is 1.88. The molecule has 0 N–H and O–H groups in total. The average molecular weight is 262 g/mol. The third kappa shape index (κ3) is 3.40. The molecule has 5 nitrogen and oxygen atoms in total. The Hall–Kier alpha value is -2.17. The molecule has 0 fully saturated rings. The van der Waals surface area contributed by atoms with Crippen LogP contribution in [0.15, 0.2) is 28.9 Å². The van der Waals surface area contributed by atoms with Crippen molar-refractivity contribution in [3.05, 3.63) is 35.7 Å². The first-order chi connectivity index (χ1) is 9.24. The lowest BCUT2D eigenvalue weighted by Crippen LogP contribution is -2.04. The summed E-state index contributed by atoms with van der Waals surface area (Å²) in [6.07, 6.45) is 1.66. The molecule has 0 spiro atoms. The molecule has 5 heteroatoms. The van der Waals surface area contributed by atoms with Crippen LogP contribution in [0, 0.1) is 6.92 Å². The van der Waals surface area contributed by atoms with Crippen molar-refractivity contribution >= 4 is 5.97 Å². The minimum Gasteiger partial charge on any atom is -0.460 e. The van der Waals surface area contributed by atoms with Gasteiger partial charge in [0.25, 0.3) is 0 Å². The normalized spacial score (nSPS) is 9.47. The van der Waals surface area contributed by atoms with Crippen molar-refractivity contribution < 1.29 is 14.1 Å². The molecule has 0 aliphatic heterocycles. The third-order valence-electron chi connectivity index (χ3n) is 2.29. The number of hydrogen-bond acceptors (Lipinski definition) is 5. The van der Waals surface area contributed by atoms with Gasteiger partial charge in [0, 0.05) is 11.8 Å². The Morgan fingerprint density at radius 2 is 2.11 bits per heavy atom. The Morgan fingerprint density at radius 1 is 1.37 bits per heavy atom. The van der Waals surface area contributed by atoms with E-state index in [2.05, 4.69) is 10.1 Å². The van der Waals surface area contributed by atoms with Crippen LogP contribution in [0.2, 0.25) is 0 Å². The first-order valence-corrected chi connectivity index (χ1v) is 6.28. The highest BCUT2D eigenvalue weighted by Crippen LogP contribution is 2.23. The minimum atomic E-state index is -0.500. The number of nitrogens with zero attached hydrogens (tertiary/aromatic N) is 2. The molecule has 0 saturated heterocycles. The van der Waals surface area contributed by atoms with Gasteiger partial charge in [0.1, 0.15) is 5.69 Å². The second kappa shape index (κ2) is 7.31. The summed E-state index contributed by atoms with van der Waals surface area (Å²) in [7, 11) is 0. The van der Waals surface area contributed by atoms with E-state index in [4.69, 9.17) is 9.26 Å². The van der Waals surface area contributed by atoms with E-state index in [1.165, 1.54) is 0 Å². The molecule has 0 aliphatic rings. The van der Waals surface area contributed by atoms with Crippen LogP contribution >= 0.6 is 0 Å². The minimum absolute atomic E-state index is 0.132. The Balaban J connectivity index is 0.000000861. The Kier molecular flexibility index (Phi) is 5.73. The molecule has 0 bridgehead atoms. The van der Waals surface area contributed by atoms with Crippen molar-refractivity contribution in [1.29, 1.82) is 0 Å². The highest BCUT2D eigenvalue weighted by molar-refractivity contribution is 5.89. The van der Waals surface area contributed by atoms with Gasteiger partial charge < -0.3 is 9.26 Å². The van der Waals surface area contributed by atoms with Crippen LogP contribution in [-0.2, 0) is 4.74 Å². The number of carbonyl (C=O) groups excluding carboxylic acids is 1. The molecule has 0 aromatic carbocycles. The molecule has 19 heavy (non-hydrogen) atoms. The van der Waals surface area contributed by atoms with Crippen molar-refractivity contribution in [3.63, 3.8) is 0 Å². The van der Waals surface area contributed by atoms with E-state index in [0.29, 0.717) is 23.6 Å². The van der Waals surface area contributed by atoms with Crippen molar-refractivity contribution in [1.82, 2.24) is 10.1 Å². The van der Waals surface area contributed by atoms with Crippen LogP contribution < -0.4 is 0 Å². The quantitative estimate of drug-likeness (QED) is 0.794. The second-order valence-corrected chi connectivity index (χ2v) is 3.42. The van der Waals surface area contributed by atoms with Gasteiger partial charge in [-0.3, -0.25) is 4.98 Å². The van der Waals surface area contributed by atoms with Crippen LogP contribution in [0.4, 0.5) is 0 Å². The fourth-order valence-corrected chi connectivity index (χ4v) is 1.46. The van der Waals surface area contributed by atoms with Crippen molar-refractivity contribution in [2.45, 2.75) is 27.7 Å². The number of esters is 1.